The molecule has 1 aromatic carbocycles. The second-order valence-corrected chi connectivity index (χ2v) is 3.81. The topological polar surface area (TPSA) is 88.8 Å². The molecule has 2 N–H and O–H groups in total. The first kappa shape index (κ1) is 10.4. The van der Waals surface area contributed by atoms with Crippen LogP contribution in [0.15, 0.2) is 30.2 Å². The fourth-order valence-electron chi connectivity index (χ4n) is 1.96. The Bertz CT molecular complexity index is 725. The van der Waals surface area contributed by atoms with Crippen molar-refractivity contribution in [1.29, 1.82) is 0 Å². The van der Waals surface area contributed by atoms with Crippen LogP contribution in [0.5, 0.6) is 5.75 Å². The normalized spacial score (nSPS) is 13.0. The molecule has 0 saturated heterocycles. The molecule has 0 unspecified atom stereocenters. The Morgan fingerprint density at radius 2 is 1.89 bits per heavy atom. The van der Waals surface area contributed by atoms with Gasteiger partial charge in [0.15, 0.2) is 5.75 Å². The zero-order chi connectivity index (χ0) is 12.9. The van der Waals surface area contributed by atoms with Gasteiger partial charge in [0.05, 0.1) is 11.7 Å². The molecule has 0 fully saturated rings. The van der Waals surface area contributed by atoms with E-state index < -0.39 is 11.9 Å². The molecular weight excluding hydrogens is 238 g/mol. The summed E-state index contributed by atoms with van der Waals surface area (Å²) in [5.41, 5.74) is 0.495. The lowest BCUT2D eigenvalue weighted by atomic mass is 10.1. The van der Waals surface area contributed by atoms with Gasteiger partial charge in [-0.1, -0.05) is 6.07 Å². The summed E-state index contributed by atoms with van der Waals surface area (Å²) in [5, 5.41) is 18.8. The molecule has 6 nitrogen and oxygen atoms in total. The fraction of sp³-hybridized carbons (Fsp3) is 0. The van der Waals surface area contributed by atoms with Crippen molar-refractivity contribution < 1.29 is 24.5 Å². The summed E-state index contributed by atoms with van der Waals surface area (Å²) >= 11 is 0. The molecule has 1 aromatic heterocycles. The van der Waals surface area contributed by atoms with E-state index in [1.54, 1.807) is 22.9 Å². The van der Waals surface area contributed by atoms with Crippen LogP contribution in [0.1, 0.15) is 10.4 Å². The van der Waals surface area contributed by atoms with E-state index in [9.17, 15) is 9.59 Å². The molecule has 0 spiro atoms. The van der Waals surface area contributed by atoms with Gasteiger partial charge in [0.1, 0.15) is 5.56 Å². The van der Waals surface area contributed by atoms with Crippen molar-refractivity contribution in [3.05, 3.63) is 35.7 Å². The van der Waals surface area contributed by atoms with Crippen molar-refractivity contribution in [1.82, 2.24) is 4.57 Å². The number of benzene rings is 1. The number of aliphatic carboxylic acids is 1. The Morgan fingerprint density at radius 3 is 2.56 bits per heavy atom. The summed E-state index contributed by atoms with van der Waals surface area (Å²) < 4.78 is 6.72. The first-order valence-electron chi connectivity index (χ1n) is 5.08. The molecule has 0 saturated carbocycles. The van der Waals surface area contributed by atoms with E-state index in [4.69, 9.17) is 14.9 Å². The third-order valence-corrected chi connectivity index (χ3v) is 2.75. The minimum Gasteiger partial charge on any atom is -0.478 e. The number of carboxylic acid groups (broad SMARTS) is 2. The van der Waals surface area contributed by atoms with Gasteiger partial charge >= 0.3 is 11.9 Å². The van der Waals surface area contributed by atoms with Gasteiger partial charge in [-0.15, -0.1) is 0 Å². The summed E-state index contributed by atoms with van der Waals surface area (Å²) in [6.07, 6.45) is 2.97. The lowest BCUT2D eigenvalue weighted by Crippen LogP contribution is -2.15. The number of aromatic nitrogens is 1. The first-order valence-corrected chi connectivity index (χ1v) is 5.08. The second-order valence-electron chi connectivity index (χ2n) is 3.81. The fourth-order valence-corrected chi connectivity index (χ4v) is 1.96. The second kappa shape index (κ2) is 3.36. The minimum atomic E-state index is -1.25. The third-order valence-electron chi connectivity index (χ3n) is 2.75. The molecule has 0 atom stereocenters. The standard InChI is InChI=1S/C12H7NO5/c14-11(15)7-2-1-6-3-4-13-5-8(12(16)17)18-10(7)9(6)13/h1-5H,(H,14,15)(H,16,17). The smallest absolute Gasteiger partial charge is 0.373 e. The maximum absolute atomic E-state index is 11.1. The van der Waals surface area contributed by atoms with Gasteiger partial charge in [0.25, 0.3) is 0 Å². The largest absolute Gasteiger partial charge is 0.478 e. The predicted octanol–water partition coefficient (Wildman–Crippen LogP) is 1.61. The van der Waals surface area contributed by atoms with Gasteiger partial charge in [-0.2, -0.15) is 0 Å². The van der Waals surface area contributed by atoms with E-state index >= 15 is 0 Å². The van der Waals surface area contributed by atoms with E-state index in [0.717, 1.165) is 5.39 Å². The highest BCUT2D eigenvalue weighted by Gasteiger charge is 2.24. The zero-order valence-electron chi connectivity index (χ0n) is 8.95. The molecule has 90 valence electrons. The predicted molar refractivity (Wildman–Crippen MR) is 61.4 cm³/mol. The van der Waals surface area contributed by atoms with Crippen LogP contribution in [-0.2, 0) is 4.79 Å². The molecule has 0 radical (unpaired) electrons. The van der Waals surface area contributed by atoms with Crippen LogP contribution in [-0.4, -0.2) is 26.7 Å². The van der Waals surface area contributed by atoms with E-state index in [2.05, 4.69) is 0 Å². The van der Waals surface area contributed by atoms with Gasteiger partial charge in [-0.25, -0.2) is 9.59 Å². The first-order chi connectivity index (χ1) is 8.58. The van der Waals surface area contributed by atoms with Crippen molar-refractivity contribution in [2.24, 2.45) is 0 Å². The Hall–Kier alpha value is -2.76. The van der Waals surface area contributed by atoms with Crippen LogP contribution < -0.4 is 4.74 Å². The van der Waals surface area contributed by atoms with Gasteiger partial charge < -0.3 is 19.5 Å². The van der Waals surface area contributed by atoms with Gasteiger partial charge in [-0.3, -0.25) is 0 Å². The third kappa shape index (κ3) is 1.29. The van der Waals surface area contributed by atoms with Crippen molar-refractivity contribution in [3.63, 3.8) is 0 Å². The van der Waals surface area contributed by atoms with Crippen LogP contribution in [0.2, 0.25) is 0 Å². The highest BCUT2D eigenvalue weighted by atomic mass is 16.5. The molecule has 1 aliphatic heterocycles. The number of ether oxygens (including phenoxy) is 1. The molecule has 2 heterocycles. The number of carbonyl (C=O) groups is 2. The van der Waals surface area contributed by atoms with Crippen LogP contribution >= 0.6 is 0 Å². The highest BCUT2D eigenvalue weighted by molar-refractivity contribution is 6.02. The monoisotopic (exact) mass is 245 g/mol. The van der Waals surface area contributed by atoms with Gasteiger partial charge in [0, 0.05) is 11.6 Å². The highest BCUT2D eigenvalue weighted by Crippen LogP contribution is 2.35. The van der Waals surface area contributed by atoms with E-state index in [-0.39, 0.29) is 17.1 Å². The van der Waals surface area contributed by atoms with E-state index in [1.165, 1.54) is 12.3 Å². The van der Waals surface area contributed by atoms with E-state index in [1.807, 2.05) is 0 Å². The Balaban J connectivity index is 2.35. The van der Waals surface area contributed by atoms with Crippen LogP contribution in [0.3, 0.4) is 0 Å². The molecule has 6 heteroatoms. The Morgan fingerprint density at radius 1 is 1.11 bits per heavy atom. The maximum Gasteiger partial charge on any atom is 0.373 e. The number of carboxylic acids is 2. The molecule has 0 amide bonds. The lowest BCUT2D eigenvalue weighted by molar-refractivity contribution is -0.134. The summed E-state index contributed by atoms with van der Waals surface area (Å²) in [5.74, 6) is -2.66. The Labute approximate surface area is 100 Å². The van der Waals surface area contributed by atoms with Crippen molar-refractivity contribution in [2.45, 2.75) is 0 Å². The summed E-state index contributed by atoms with van der Waals surface area (Å²) in [7, 11) is 0. The lowest BCUT2D eigenvalue weighted by Gasteiger charge is -2.16. The minimum absolute atomic E-state index is 0.0601. The average Bonchev–Trinajstić information content (AvgIpc) is 2.74. The molecule has 0 bridgehead atoms. The zero-order valence-corrected chi connectivity index (χ0v) is 8.95. The Kier molecular flexibility index (Phi) is 1.94. The molecule has 18 heavy (non-hydrogen) atoms. The quantitative estimate of drug-likeness (QED) is 0.839. The summed E-state index contributed by atoms with van der Waals surface area (Å²) in [4.78, 5) is 22.0. The number of rotatable bonds is 2. The molecule has 1 aliphatic rings. The SMILES string of the molecule is O=C(O)C1=Cn2ccc3ccc(C(=O)O)c(c32)O1. The molecule has 3 rings (SSSR count). The maximum atomic E-state index is 11.1. The molecular formula is C12H7NO5. The van der Waals surface area contributed by atoms with Crippen molar-refractivity contribution in [2.75, 3.05) is 0 Å². The molecule has 0 aliphatic carbocycles. The van der Waals surface area contributed by atoms with Crippen LogP contribution in [0, 0.1) is 0 Å². The van der Waals surface area contributed by atoms with Crippen LogP contribution in [0.25, 0.3) is 17.1 Å². The number of hydrogen-bond donors (Lipinski definition) is 2. The number of nitrogens with zero attached hydrogens (tertiary/aromatic N) is 1. The van der Waals surface area contributed by atoms with Crippen LogP contribution in [0.4, 0.5) is 0 Å². The average molecular weight is 245 g/mol. The van der Waals surface area contributed by atoms with Gasteiger partial charge in [-0.05, 0) is 12.1 Å². The van der Waals surface area contributed by atoms with Crippen molar-refractivity contribution >= 4 is 29.0 Å². The summed E-state index contributed by atoms with van der Waals surface area (Å²) in [6.45, 7) is 0. The molecule has 2 aromatic rings. The van der Waals surface area contributed by atoms with E-state index in [0.29, 0.717) is 5.52 Å². The van der Waals surface area contributed by atoms with Gasteiger partial charge in [0.2, 0.25) is 5.76 Å². The summed E-state index contributed by atoms with van der Waals surface area (Å²) in [6, 6.07) is 4.81. The number of hydrogen-bond acceptors (Lipinski definition) is 3. The van der Waals surface area contributed by atoms with Crippen molar-refractivity contribution in [3.8, 4) is 5.75 Å². The number of aromatic carboxylic acids is 1.